The van der Waals surface area contributed by atoms with Gasteiger partial charge in [-0.1, -0.05) is 12.1 Å². The van der Waals surface area contributed by atoms with Crippen LogP contribution in [0.25, 0.3) is 10.6 Å². The van der Waals surface area contributed by atoms with Crippen LogP contribution in [0.4, 0.5) is 4.39 Å². The molecular weight excluding hydrogens is 351 g/mol. The number of nitrogens with zero attached hydrogens (tertiary/aromatic N) is 2. The zero-order valence-electron chi connectivity index (χ0n) is 14.8. The van der Waals surface area contributed by atoms with Gasteiger partial charge in [0.15, 0.2) is 0 Å². The molecule has 0 spiro atoms. The molecule has 0 aliphatic rings. The van der Waals surface area contributed by atoms with E-state index in [0.717, 1.165) is 21.9 Å². The summed E-state index contributed by atoms with van der Waals surface area (Å²) in [5.74, 6) is 0.344. The molecule has 4 nitrogen and oxygen atoms in total. The number of aromatic nitrogens is 1. The molecule has 1 amide bonds. The first-order valence-corrected chi connectivity index (χ1v) is 8.91. The van der Waals surface area contributed by atoms with E-state index in [1.165, 1.54) is 23.5 Å². The Morgan fingerprint density at radius 1 is 1.23 bits per heavy atom. The van der Waals surface area contributed by atoms with E-state index < -0.39 is 0 Å². The van der Waals surface area contributed by atoms with Crippen LogP contribution in [-0.4, -0.2) is 29.9 Å². The van der Waals surface area contributed by atoms with Gasteiger partial charge in [-0.3, -0.25) is 4.79 Å². The van der Waals surface area contributed by atoms with Gasteiger partial charge in [0.1, 0.15) is 21.5 Å². The van der Waals surface area contributed by atoms with Crippen molar-refractivity contribution in [1.82, 2.24) is 9.88 Å². The zero-order chi connectivity index (χ0) is 18.7. The van der Waals surface area contributed by atoms with Gasteiger partial charge in [-0.05, 0) is 48.9 Å². The van der Waals surface area contributed by atoms with Crippen LogP contribution in [0.5, 0.6) is 5.75 Å². The van der Waals surface area contributed by atoms with Gasteiger partial charge >= 0.3 is 0 Å². The highest BCUT2D eigenvalue weighted by atomic mass is 32.1. The van der Waals surface area contributed by atoms with E-state index in [0.29, 0.717) is 17.1 Å². The Morgan fingerprint density at radius 3 is 2.62 bits per heavy atom. The second kappa shape index (κ2) is 7.66. The molecule has 26 heavy (non-hydrogen) atoms. The Bertz CT molecular complexity index is 922. The lowest BCUT2D eigenvalue weighted by Crippen LogP contribution is -2.26. The lowest BCUT2D eigenvalue weighted by atomic mass is 10.2. The van der Waals surface area contributed by atoms with Crippen molar-refractivity contribution in [2.24, 2.45) is 0 Å². The predicted molar refractivity (Wildman–Crippen MR) is 101 cm³/mol. The molecule has 0 radical (unpaired) electrons. The highest BCUT2D eigenvalue weighted by Gasteiger charge is 2.20. The Hall–Kier alpha value is -2.73. The number of carbonyl (C=O) groups is 1. The summed E-state index contributed by atoms with van der Waals surface area (Å²) in [5, 5.41) is 0.785. The monoisotopic (exact) mass is 370 g/mol. The third-order valence-corrected chi connectivity index (χ3v) is 5.18. The number of ether oxygens (including phenoxy) is 1. The lowest BCUT2D eigenvalue weighted by molar-refractivity contribution is 0.0789. The topological polar surface area (TPSA) is 42.4 Å². The molecule has 0 saturated heterocycles. The van der Waals surface area contributed by atoms with Gasteiger partial charge in [0.25, 0.3) is 5.91 Å². The Kier molecular flexibility index (Phi) is 5.32. The third kappa shape index (κ3) is 3.91. The molecule has 3 rings (SSSR count). The van der Waals surface area contributed by atoms with E-state index >= 15 is 0 Å². The minimum absolute atomic E-state index is 0.121. The van der Waals surface area contributed by atoms with E-state index in [2.05, 4.69) is 4.98 Å². The van der Waals surface area contributed by atoms with Crippen LogP contribution in [0.1, 0.15) is 20.9 Å². The summed E-state index contributed by atoms with van der Waals surface area (Å²) >= 11 is 1.36. The van der Waals surface area contributed by atoms with Gasteiger partial charge in [0.05, 0.1) is 12.8 Å². The number of methoxy groups -OCH3 is 1. The van der Waals surface area contributed by atoms with Crippen molar-refractivity contribution in [3.05, 3.63) is 70.5 Å². The van der Waals surface area contributed by atoms with Crippen LogP contribution in [0.3, 0.4) is 0 Å². The fraction of sp³-hybridized carbons (Fsp3) is 0.200. The van der Waals surface area contributed by atoms with Crippen molar-refractivity contribution in [3.63, 3.8) is 0 Å². The molecule has 2 aromatic carbocycles. The summed E-state index contributed by atoms with van der Waals surface area (Å²) in [6.07, 6.45) is 0. The fourth-order valence-electron chi connectivity index (χ4n) is 2.61. The molecule has 0 unspecified atom stereocenters. The van der Waals surface area contributed by atoms with Gasteiger partial charge in [0.2, 0.25) is 0 Å². The molecule has 1 aromatic heterocycles. The maximum Gasteiger partial charge on any atom is 0.265 e. The highest BCUT2D eigenvalue weighted by Crippen LogP contribution is 2.30. The van der Waals surface area contributed by atoms with Crippen molar-refractivity contribution < 1.29 is 13.9 Å². The van der Waals surface area contributed by atoms with Gasteiger partial charge < -0.3 is 9.64 Å². The van der Waals surface area contributed by atoms with Gasteiger partial charge in [-0.25, -0.2) is 9.37 Å². The molecule has 1 heterocycles. The number of rotatable bonds is 5. The molecular formula is C20H19FN2O2S. The van der Waals surface area contributed by atoms with E-state index in [9.17, 15) is 9.18 Å². The van der Waals surface area contributed by atoms with Gasteiger partial charge in [0, 0.05) is 19.2 Å². The molecule has 0 fully saturated rings. The van der Waals surface area contributed by atoms with E-state index in [-0.39, 0.29) is 11.7 Å². The third-order valence-electron chi connectivity index (χ3n) is 3.98. The average molecular weight is 370 g/mol. The normalized spacial score (nSPS) is 10.6. The van der Waals surface area contributed by atoms with Crippen LogP contribution >= 0.6 is 11.3 Å². The second-order valence-corrected chi connectivity index (χ2v) is 6.95. The zero-order valence-corrected chi connectivity index (χ0v) is 15.6. The van der Waals surface area contributed by atoms with Crippen LogP contribution in [0.2, 0.25) is 0 Å². The Balaban J connectivity index is 1.79. The van der Waals surface area contributed by atoms with E-state index in [1.807, 2.05) is 31.2 Å². The maximum atomic E-state index is 13.3. The number of hydrogen-bond donors (Lipinski definition) is 0. The molecule has 0 aliphatic heterocycles. The van der Waals surface area contributed by atoms with Crippen LogP contribution in [-0.2, 0) is 6.54 Å². The standard InChI is InChI=1S/C20H19FN2O2S/c1-13-18(20(24)23(2)12-14-5-4-6-16(21)11-14)26-19(22-13)15-7-9-17(25-3)10-8-15/h4-11H,12H2,1-3H3. The van der Waals surface area contributed by atoms with Crippen LogP contribution in [0, 0.1) is 12.7 Å². The van der Waals surface area contributed by atoms with Crippen molar-refractivity contribution in [2.45, 2.75) is 13.5 Å². The Labute approximate surface area is 155 Å². The maximum absolute atomic E-state index is 13.3. The van der Waals surface area contributed by atoms with Gasteiger partial charge in [-0.2, -0.15) is 0 Å². The van der Waals surface area contributed by atoms with E-state index in [1.54, 1.807) is 31.2 Å². The summed E-state index contributed by atoms with van der Waals surface area (Å²) in [5.41, 5.74) is 2.38. The molecule has 0 bridgehead atoms. The number of aryl methyl sites for hydroxylation is 1. The second-order valence-electron chi connectivity index (χ2n) is 5.95. The van der Waals surface area contributed by atoms with E-state index in [4.69, 9.17) is 4.74 Å². The van der Waals surface area contributed by atoms with Crippen LogP contribution < -0.4 is 4.74 Å². The summed E-state index contributed by atoms with van der Waals surface area (Å²) < 4.78 is 18.5. The largest absolute Gasteiger partial charge is 0.497 e. The van der Waals surface area contributed by atoms with Crippen molar-refractivity contribution in [1.29, 1.82) is 0 Å². The molecule has 0 aliphatic carbocycles. The minimum Gasteiger partial charge on any atom is -0.497 e. The SMILES string of the molecule is COc1ccc(-c2nc(C)c(C(=O)N(C)Cc3cccc(F)c3)s2)cc1. The van der Waals surface area contributed by atoms with Crippen molar-refractivity contribution in [3.8, 4) is 16.3 Å². The molecule has 3 aromatic rings. The van der Waals surface area contributed by atoms with Crippen LogP contribution in [0.15, 0.2) is 48.5 Å². The fourth-order valence-corrected chi connectivity index (χ4v) is 3.67. The number of benzene rings is 2. The Morgan fingerprint density at radius 2 is 1.96 bits per heavy atom. The summed E-state index contributed by atoms with van der Waals surface area (Å²) in [6, 6.07) is 13.8. The lowest BCUT2D eigenvalue weighted by Gasteiger charge is -2.16. The summed E-state index contributed by atoms with van der Waals surface area (Å²) in [4.78, 5) is 19.5. The molecule has 0 saturated carbocycles. The quantitative estimate of drug-likeness (QED) is 0.662. The number of hydrogen-bond acceptors (Lipinski definition) is 4. The summed E-state index contributed by atoms with van der Waals surface area (Å²) in [6.45, 7) is 2.17. The molecule has 6 heteroatoms. The first-order chi connectivity index (χ1) is 12.5. The smallest absolute Gasteiger partial charge is 0.265 e. The predicted octanol–water partition coefficient (Wildman–Crippen LogP) is 4.54. The highest BCUT2D eigenvalue weighted by molar-refractivity contribution is 7.17. The van der Waals surface area contributed by atoms with Gasteiger partial charge in [-0.15, -0.1) is 11.3 Å². The van der Waals surface area contributed by atoms with Crippen molar-refractivity contribution >= 4 is 17.2 Å². The molecule has 134 valence electrons. The minimum atomic E-state index is -0.306. The van der Waals surface area contributed by atoms with Crippen molar-refractivity contribution in [2.75, 3.05) is 14.2 Å². The number of amides is 1. The number of carbonyl (C=O) groups excluding carboxylic acids is 1. The summed E-state index contributed by atoms with van der Waals surface area (Å²) in [7, 11) is 3.33. The first kappa shape index (κ1) is 18.1. The number of thiazole rings is 1. The first-order valence-electron chi connectivity index (χ1n) is 8.09. The average Bonchev–Trinajstić information content (AvgIpc) is 3.03. The molecule has 0 atom stereocenters. The molecule has 0 N–H and O–H groups in total. The number of halogens is 1.